The number of nitrogens with zero attached hydrogens (tertiary/aromatic N) is 1. The number of aliphatic hydroxyl groups is 1. The molecule has 17 N–H and O–H groups in total. The molecule has 2 aliphatic heterocycles. The van der Waals surface area contributed by atoms with E-state index in [1.54, 1.807) is 0 Å². The number of halogens is 2. The van der Waals surface area contributed by atoms with Crippen LogP contribution in [-0.4, -0.2) is 116 Å². The molecule has 0 bridgehead atoms. The Morgan fingerprint density at radius 1 is 0.962 bits per heavy atom. The molecule has 2 aliphatic rings. The Morgan fingerprint density at radius 3 is 2.31 bits per heavy atom. The number of rotatable bonds is 12. The Balaban J connectivity index is 2.04. The van der Waals surface area contributed by atoms with Crippen molar-refractivity contribution in [2.45, 2.75) is 61.9 Å². The van der Waals surface area contributed by atoms with E-state index in [4.69, 9.17) is 46.1 Å². The summed E-state index contributed by atoms with van der Waals surface area (Å²) in [7, 11) is 0. The summed E-state index contributed by atoms with van der Waals surface area (Å²) in [5, 5.41) is 30.7. The summed E-state index contributed by atoms with van der Waals surface area (Å²) < 4.78 is 0. The molecule has 2 heterocycles. The van der Waals surface area contributed by atoms with E-state index in [2.05, 4.69) is 47.5 Å². The largest absolute Gasteiger partial charge is 0.394 e. The van der Waals surface area contributed by atoms with Gasteiger partial charge in [-0.15, -0.1) is 0 Å². The fourth-order valence-electron chi connectivity index (χ4n) is 5.02. The average Bonchev–Trinajstić information content (AvgIpc) is 3.11. The third-order valence-electron chi connectivity index (χ3n) is 7.88. The third-order valence-corrected chi connectivity index (χ3v) is 8.62. The molecule has 1 aromatic carbocycles. The number of aliphatic hydroxyl groups excluding tert-OH is 1. The SMILES string of the molecule is NCCC[C@H](N)CC(=O)NC[C@@H]1NC(=O)[C@H](CO)NC(=O)[C@H](CN)NC(=O)[C@H]([C@H]2CCN=C(N)N2)NC(=O)/C(=C/Nc2ccc(Cl)c(Cl)c2)NC1=O. The van der Waals surface area contributed by atoms with Crippen LogP contribution in [0.3, 0.4) is 0 Å². The summed E-state index contributed by atoms with van der Waals surface area (Å²) in [6.45, 7) is -1.29. The zero-order valence-electron chi connectivity index (χ0n) is 28.0. The Hall–Kier alpha value is -4.73. The highest BCUT2D eigenvalue weighted by molar-refractivity contribution is 6.42. The predicted octanol–water partition coefficient (Wildman–Crippen LogP) is -4.48. The molecule has 1 saturated heterocycles. The van der Waals surface area contributed by atoms with Crippen molar-refractivity contribution < 1.29 is 33.9 Å². The van der Waals surface area contributed by atoms with Crippen LogP contribution >= 0.6 is 23.2 Å². The number of aliphatic imine (C=N–C) groups is 1. The van der Waals surface area contributed by atoms with E-state index in [1.165, 1.54) is 18.2 Å². The normalized spacial score (nSPS) is 24.7. The lowest BCUT2D eigenvalue weighted by Gasteiger charge is -2.31. The number of carbonyl (C=O) groups is 6. The second-order valence-electron chi connectivity index (χ2n) is 11.9. The molecule has 6 amide bonds. The molecule has 52 heavy (non-hydrogen) atoms. The number of guanidine groups is 1. The fourth-order valence-corrected chi connectivity index (χ4v) is 5.32. The van der Waals surface area contributed by atoms with E-state index in [0.29, 0.717) is 25.1 Å². The molecule has 6 atom stereocenters. The minimum Gasteiger partial charge on any atom is -0.394 e. The van der Waals surface area contributed by atoms with Crippen LogP contribution in [-0.2, 0) is 28.8 Å². The molecular weight excluding hydrogens is 725 g/mol. The minimum atomic E-state index is -1.63. The van der Waals surface area contributed by atoms with Crippen LogP contribution in [0.2, 0.25) is 10.0 Å². The van der Waals surface area contributed by atoms with Gasteiger partial charge in [-0.1, -0.05) is 23.2 Å². The van der Waals surface area contributed by atoms with Gasteiger partial charge in [-0.3, -0.25) is 33.8 Å². The topological polar surface area (TPSA) is 335 Å². The maximum absolute atomic E-state index is 13.9. The van der Waals surface area contributed by atoms with Crippen LogP contribution in [0.1, 0.15) is 25.7 Å². The maximum Gasteiger partial charge on any atom is 0.270 e. The fraction of sp³-hybridized carbons (Fsp3) is 0.500. The van der Waals surface area contributed by atoms with Gasteiger partial charge in [-0.2, -0.15) is 0 Å². The molecule has 20 nitrogen and oxygen atoms in total. The van der Waals surface area contributed by atoms with Crippen molar-refractivity contribution in [2.24, 2.45) is 27.9 Å². The van der Waals surface area contributed by atoms with Crippen LogP contribution in [0.25, 0.3) is 0 Å². The molecule has 22 heteroatoms. The predicted molar refractivity (Wildman–Crippen MR) is 192 cm³/mol. The van der Waals surface area contributed by atoms with E-state index in [-0.39, 0.29) is 35.4 Å². The summed E-state index contributed by atoms with van der Waals surface area (Å²) >= 11 is 12.2. The standard InChI is InChI=1S/C30H45Cl2N13O7/c31-16-4-3-15(9-17(16)32)38-11-20-27(50)45-24(18-5-7-37-30(36)44-18)29(52)40-19(10-34)25(48)43-22(13-46)28(51)42-21(26(49)41-20)12-39-23(47)8-14(35)2-1-6-33/h3-4,9,11,14,18-19,21-22,24,38,46H,1-2,5-8,10,12-13,33-35H2,(H,39,47)(H,40,52)(H,41,49)(H,42,51)(H,43,48)(H,45,50)(H3,36,37,44)/b20-11-/t14-,18+,19-,21-,22-,24-/m0/s1. The first kappa shape index (κ1) is 41.7. The lowest BCUT2D eigenvalue weighted by molar-refractivity contribution is -0.134. The second-order valence-corrected chi connectivity index (χ2v) is 12.7. The van der Waals surface area contributed by atoms with Crippen molar-refractivity contribution in [3.8, 4) is 0 Å². The van der Waals surface area contributed by atoms with E-state index in [1.807, 2.05) is 0 Å². The van der Waals surface area contributed by atoms with Gasteiger partial charge in [0.05, 0.1) is 22.7 Å². The summed E-state index contributed by atoms with van der Waals surface area (Å²) in [5.41, 5.74) is 23.0. The van der Waals surface area contributed by atoms with Crippen molar-refractivity contribution in [1.82, 2.24) is 37.2 Å². The maximum atomic E-state index is 13.9. The molecule has 0 unspecified atom stereocenters. The zero-order valence-corrected chi connectivity index (χ0v) is 29.6. The van der Waals surface area contributed by atoms with Gasteiger partial charge in [0.25, 0.3) is 5.91 Å². The molecule has 0 aromatic heterocycles. The lowest BCUT2D eigenvalue weighted by atomic mass is 10.0. The number of nitrogens with two attached hydrogens (primary N) is 4. The summed E-state index contributed by atoms with van der Waals surface area (Å²) in [5.74, 6) is -5.43. The molecule has 3 rings (SSSR count). The number of nitrogens with one attached hydrogen (secondary N) is 8. The van der Waals surface area contributed by atoms with Gasteiger partial charge in [0, 0.05) is 44.0 Å². The van der Waals surface area contributed by atoms with Gasteiger partial charge in [-0.25, -0.2) is 0 Å². The van der Waals surface area contributed by atoms with Crippen LogP contribution in [0.5, 0.6) is 0 Å². The number of hydrogen-bond donors (Lipinski definition) is 13. The molecule has 0 spiro atoms. The quantitative estimate of drug-likeness (QED) is 0.0893. The Kier molecular flexibility index (Phi) is 16.3. The number of anilines is 1. The monoisotopic (exact) mass is 769 g/mol. The molecule has 286 valence electrons. The van der Waals surface area contributed by atoms with E-state index in [0.717, 1.165) is 6.20 Å². The molecular formula is C30H45Cl2N13O7. The van der Waals surface area contributed by atoms with E-state index < -0.39 is 97.1 Å². The number of amides is 6. The van der Waals surface area contributed by atoms with Crippen molar-refractivity contribution >= 4 is 70.3 Å². The van der Waals surface area contributed by atoms with E-state index in [9.17, 15) is 33.9 Å². The average molecular weight is 771 g/mol. The van der Waals surface area contributed by atoms with Crippen LogP contribution < -0.4 is 65.5 Å². The highest BCUT2D eigenvalue weighted by Gasteiger charge is 2.36. The summed E-state index contributed by atoms with van der Waals surface area (Å²) in [6.07, 6.45) is 2.25. The molecule has 0 saturated carbocycles. The van der Waals surface area contributed by atoms with Crippen molar-refractivity contribution in [3.63, 3.8) is 0 Å². The van der Waals surface area contributed by atoms with Crippen molar-refractivity contribution in [3.05, 3.63) is 40.1 Å². The van der Waals surface area contributed by atoms with E-state index >= 15 is 0 Å². The third kappa shape index (κ3) is 12.5. The summed E-state index contributed by atoms with van der Waals surface area (Å²) in [4.78, 5) is 84.6. The first-order chi connectivity index (χ1) is 24.8. The van der Waals surface area contributed by atoms with Gasteiger partial charge in [0.15, 0.2) is 5.96 Å². The van der Waals surface area contributed by atoms with Gasteiger partial charge >= 0.3 is 0 Å². The van der Waals surface area contributed by atoms with Crippen molar-refractivity contribution in [2.75, 3.05) is 38.1 Å². The molecule has 1 aromatic rings. The number of carbonyl (C=O) groups excluding carboxylic acids is 6. The van der Waals surface area contributed by atoms with Crippen LogP contribution in [0.15, 0.2) is 35.1 Å². The lowest BCUT2D eigenvalue weighted by Crippen LogP contribution is -2.64. The van der Waals surface area contributed by atoms with Gasteiger partial charge in [-0.05, 0) is 44.0 Å². The van der Waals surface area contributed by atoms with Crippen molar-refractivity contribution in [1.29, 1.82) is 0 Å². The van der Waals surface area contributed by atoms with Gasteiger partial charge in [0.1, 0.15) is 29.9 Å². The van der Waals surface area contributed by atoms with Gasteiger partial charge < -0.3 is 70.6 Å². The Bertz CT molecular complexity index is 1550. The first-order valence-electron chi connectivity index (χ1n) is 16.3. The Labute approximate surface area is 309 Å². The second kappa shape index (κ2) is 20.3. The highest BCUT2D eigenvalue weighted by atomic mass is 35.5. The molecule has 0 radical (unpaired) electrons. The van der Waals surface area contributed by atoms with Gasteiger partial charge in [0.2, 0.25) is 29.5 Å². The highest BCUT2D eigenvalue weighted by Crippen LogP contribution is 2.25. The zero-order chi connectivity index (χ0) is 38.4. The Morgan fingerprint density at radius 2 is 1.65 bits per heavy atom. The smallest absolute Gasteiger partial charge is 0.270 e. The van der Waals surface area contributed by atoms with Crippen LogP contribution in [0.4, 0.5) is 5.69 Å². The number of hydrogen-bond acceptors (Lipinski definition) is 14. The molecule has 1 fully saturated rings. The minimum absolute atomic E-state index is 0.00624. The molecule has 0 aliphatic carbocycles. The number of benzene rings is 1. The van der Waals surface area contributed by atoms with Crippen LogP contribution in [0, 0.1) is 0 Å². The summed E-state index contributed by atoms with van der Waals surface area (Å²) in [6, 6.07) is -2.97. The first-order valence-corrected chi connectivity index (χ1v) is 17.1.